The van der Waals surface area contributed by atoms with Crippen molar-refractivity contribution in [2.24, 2.45) is 0 Å². The van der Waals surface area contributed by atoms with Gasteiger partial charge in [0.15, 0.2) is 0 Å². The number of nitrogens with zero attached hydrogens (tertiary/aromatic N) is 1. The van der Waals surface area contributed by atoms with Gasteiger partial charge in [0.1, 0.15) is 0 Å². The Kier molecular flexibility index (Phi) is 3.45. The SMILES string of the molecule is Cc1[nH]ncc1C(C)N[C@@H](C)CO. The van der Waals surface area contributed by atoms with Gasteiger partial charge in [0.2, 0.25) is 0 Å². The van der Waals surface area contributed by atoms with Crippen LogP contribution in [0.5, 0.6) is 0 Å². The van der Waals surface area contributed by atoms with Crippen LogP contribution in [0.4, 0.5) is 0 Å². The van der Waals surface area contributed by atoms with E-state index >= 15 is 0 Å². The molecule has 0 aromatic carbocycles. The van der Waals surface area contributed by atoms with E-state index < -0.39 is 0 Å². The van der Waals surface area contributed by atoms with Crippen LogP contribution in [0, 0.1) is 6.92 Å². The molecule has 74 valence electrons. The molecule has 1 aromatic rings. The fraction of sp³-hybridized carbons (Fsp3) is 0.667. The summed E-state index contributed by atoms with van der Waals surface area (Å²) in [4.78, 5) is 0. The van der Waals surface area contributed by atoms with Gasteiger partial charge in [0.05, 0.1) is 12.8 Å². The molecule has 4 nitrogen and oxygen atoms in total. The summed E-state index contributed by atoms with van der Waals surface area (Å²) >= 11 is 0. The summed E-state index contributed by atoms with van der Waals surface area (Å²) in [6, 6.07) is 0.338. The third-order valence-corrected chi connectivity index (χ3v) is 2.14. The Hall–Kier alpha value is -0.870. The number of H-pyrrole nitrogens is 1. The molecule has 1 unspecified atom stereocenters. The molecule has 4 heteroatoms. The molecule has 0 aliphatic rings. The lowest BCUT2D eigenvalue weighted by molar-refractivity contribution is 0.243. The average Bonchev–Trinajstić information content (AvgIpc) is 2.51. The number of nitrogens with one attached hydrogen (secondary N) is 2. The molecule has 1 rings (SSSR count). The van der Waals surface area contributed by atoms with E-state index in [2.05, 4.69) is 22.4 Å². The van der Waals surface area contributed by atoms with E-state index in [0.717, 1.165) is 11.3 Å². The van der Waals surface area contributed by atoms with Crippen LogP contribution in [0.2, 0.25) is 0 Å². The van der Waals surface area contributed by atoms with Crippen molar-refractivity contribution in [2.75, 3.05) is 6.61 Å². The highest BCUT2D eigenvalue weighted by Crippen LogP contribution is 2.14. The fourth-order valence-corrected chi connectivity index (χ4v) is 1.37. The van der Waals surface area contributed by atoms with Crippen molar-refractivity contribution in [2.45, 2.75) is 32.9 Å². The van der Waals surface area contributed by atoms with Crippen molar-refractivity contribution < 1.29 is 5.11 Å². The average molecular weight is 183 g/mol. The molecular weight excluding hydrogens is 166 g/mol. The Labute approximate surface area is 78.4 Å². The number of rotatable bonds is 4. The third kappa shape index (κ3) is 2.54. The van der Waals surface area contributed by atoms with Crippen molar-refractivity contribution >= 4 is 0 Å². The lowest BCUT2D eigenvalue weighted by Crippen LogP contribution is -2.31. The number of hydrogen-bond acceptors (Lipinski definition) is 3. The lowest BCUT2D eigenvalue weighted by Gasteiger charge is -2.17. The van der Waals surface area contributed by atoms with Gasteiger partial charge >= 0.3 is 0 Å². The number of aliphatic hydroxyl groups excluding tert-OH is 1. The van der Waals surface area contributed by atoms with Gasteiger partial charge in [0, 0.05) is 23.3 Å². The molecule has 0 radical (unpaired) electrons. The molecule has 0 fully saturated rings. The molecule has 0 aliphatic heterocycles. The second-order valence-electron chi connectivity index (χ2n) is 3.42. The number of aliphatic hydroxyl groups is 1. The number of hydrogen-bond donors (Lipinski definition) is 3. The van der Waals surface area contributed by atoms with Crippen LogP contribution in [0.3, 0.4) is 0 Å². The number of aromatic nitrogens is 2. The van der Waals surface area contributed by atoms with Gasteiger partial charge < -0.3 is 10.4 Å². The second kappa shape index (κ2) is 4.39. The Morgan fingerprint density at radius 3 is 2.77 bits per heavy atom. The van der Waals surface area contributed by atoms with Crippen LogP contribution in [0.15, 0.2) is 6.20 Å². The predicted molar refractivity (Wildman–Crippen MR) is 51.4 cm³/mol. The lowest BCUT2D eigenvalue weighted by atomic mass is 10.1. The first-order chi connectivity index (χ1) is 6.15. The molecule has 3 N–H and O–H groups in total. The van der Waals surface area contributed by atoms with E-state index in [-0.39, 0.29) is 18.7 Å². The zero-order valence-electron chi connectivity index (χ0n) is 8.33. The van der Waals surface area contributed by atoms with E-state index in [1.807, 2.05) is 20.0 Å². The van der Waals surface area contributed by atoms with Gasteiger partial charge in [-0.15, -0.1) is 0 Å². The molecule has 0 spiro atoms. The molecule has 0 amide bonds. The summed E-state index contributed by atoms with van der Waals surface area (Å²) in [5.41, 5.74) is 2.23. The van der Waals surface area contributed by atoms with E-state index in [1.54, 1.807) is 0 Å². The van der Waals surface area contributed by atoms with Crippen LogP contribution < -0.4 is 5.32 Å². The highest BCUT2D eigenvalue weighted by Gasteiger charge is 2.11. The van der Waals surface area contributed by atoms with E-state index in [1.165, 1.54) is 0 Å². The standard InChI is InChI=1S/C9H17N3O/c1-6(5-13)11-7(2)9-4-10-12-8(9)3/h4,6-7,11,13H,5H2,1-3H3,(H,10,12)/t6-,7?/m0/s1. The van der Waals surface area contributed by atoms with E-state index in [0.29, 0.717) is 0 Å². The fourth-order valence-electron chi connectivity index (χ4n) is 1.37. The smallest absolute Gasteiger partial charge is 0.0582 e. The quantitative estimate of drug-likeness (QED) is 0.645. The summed E-state index contributed by atoms with van der Waals surface area (Å²) in [7, 11) is 0. The molecule has 0 saturated heterocycles. The van der Waals surface area contributed by atoms with Crippen LogP contribution in [-0.2, 0) is 0 Å². The highest BCUT2D eigenvalue weighted by atomic mass is 16.3. The summed E-state index contributed by atoms with van der Waals surface area (Å²) < 4.78 is 0. The maximum absolute atomic E-state index is 8.86. The maximum Gasteiger partial charge on any atom is 0.0582 e. The van der Waals surface area contributed by atoms with Gasteiger partial charge in [-0.3, -0.25) is 5.10 Å². The van der Waals surface area contributed by atoms with Crippen molar-refractivity contribution in [3.05, 3.63) is 17.5 Å². The molecule has 1 heterocycles. The second-order valence-corrected chi connectivity index (χ2v) is 3.42. The first-order valence-electron chi connectivity index (χ1n) is 4.52. The monoisotopic (exact) mass is 183 g/mol. The van der Waals surface area contributed by atoms with Crippen molar-refractivity contribution in [3.8, 4) is 0 Å². The molecule has 2 atom stereocenters. The first kappa shape index (κ1) is 10.2. The molecule has 0 bridgehead atoms. The zero-order chi connectivity index (χ0) is 9.84. The summed E-state index contributed by atoms with van der Waals surface area (Å²) in [5.74, 6) is 0. The molecular formula is C9H17N3O. The van der Waals surface area contributed by atoms with Gasteiger partial charge in [-0.05, 0) is 20.8 Å². The Morgan fingerprint density at radius 2 is 2.31 bits per heavy atom. The maximum atomic E-state index is 8.86. The third-order valence-electron chi connectivity index (χ3n) is 2.14. The first-order valence-corrected chi connectivity index (χ1v) is 4.52. The number of aryl methyl sites for hydroxylation is 1. The Balaban J connectivity index is 2.58. The minimum absolute atomic E-state index is 0.115. The van der Waals surface area contributed by atoms with Gasteiger partial charge in [-0.2, -0.15) is 5.10 Å². The van der Waals surface area contributed by atoms with Crippen LogP contribution in [0.1, 0.15) is 31.1 Å². The van der Waals surface area contributed by atoms with Crippen LogP contribution in [0.25, 0.3) is 0 Å². The molecule has 1 aromatic heterocycles. The molecule has 0 saturated carbocycles. The highest BCUT2D eigenvalue weighted by molar-refractivity contribution is 5.18. The normalized spacial score (nSPS) is 15.7. The van der Waals surface area contributed by atoms with Crippen LogP contribution in [-0.4, -0.2) is 28.0 Å². The Bertz CT molecular complexity index is 259. The summed E-state index contributed by atoms with van der Waals surface area (Å²) in [6.07, 6.45) is 1.82. The summed E-state index contributed by atoms with van der Waals surface area (Å²) in [5, 5.41) is 19.0. The molecule has 13 heavy (non-hydrogen) atoms. The van der Waals surface area contributed by atoms with Gasteiger partial charge in [-0.1, -0.05) is 0 Å². The molecule has 0 aliphatic carbocycles. The Morgan fingerprint density at radius 1 is 1.62 bits per heavy atom. The van der Waals surface area contributed by atoms with E-state index in [9.17, 15) is 0 Å². The topological polar surface area (TPSA) is 60.9 Å². The van der Waals surface area contributed by atoms with Crippen LogP contribution >= 0.6 is 0 Å². The minimum atomic E-state index is 0.115. The van der Waals surface area contributed by atoms with Gasteiger partial charge in [-0.25, -0.2) is 0 Å². The number of aromatic amines is 1. The van der Waals surface area contributed by atoms with Crippen molar-refractivity contribution in [1.82, 2.24) is 15.5 Å². The predicted octanol–water partition coefficient (Wildman–Crippen LogP) is 0.750. The van der Waals surface area contributed by atoms with E-state index in [4.69, 9.17) is 5.11 Å². The zero-order valence-corrected chi connectivity index (χ0v) is 8.33. The largest absolute Gasteiger partial charge is 0.395 e. The van der Waals surface area contributed by atoms with Crippen molar-refractivity contribution in [3.63, 3.8) is 0 Å². The van der Waals surface area contributed by atoms with Crippen molar-refractivity contribution in [1.29, 1.82) is 0 Å². The van der Waals surface area contributed by atoms with Gasteiger partial charge in [0.25, 0.3) is 0 Å². The summed E-state index contributed by atoms with van der Waals surface area (Å²) in [6.45, 7) is 6.15. The minimum Gasteiger partial charge on any atom is -0.395 e.